The molecule has 58 valence electrons. The third-order valence-corrected chi connectivity index (χ3v) is 0.708. The molecule has 0 saturated heterocycles. The molecule has 0 aliphatic rings. The molecule has 0 spiro atoms. The Morgan fingerprint density at radius 2 is 1.67 bits per heavy atom. The molecule has 0 aliphatic carbocycles. The minimum Gasteiger partial charge on any atom is -0.396 e. The summed E-state index contributed by atoms with van der Waals surface area (Å²) in [6, 6.07) is 0. The Kier molecular flexibility index (Phi) is 21.0. The van der Waals surface area contributed by atoms with Crippen molar-refractivity contribution in [2.45, 2.75) is 13.8 Å². The van der Waals surface area contributed by atoms with Crippen LogP contribution in [-0.4, -0.2) is 30.7 Å². The summed E-state index contributed by atoms with van der Waals surface area (Å²) in [7, 11) is 0. The van der Waals surface area contributed by atoms with E-state index < -0.39 is 0 Å². The molecule has 0 heterocycles. The van der Waals surface area contributed by atoms with E-state index in [0.717, 1.165) is 13.2 Å². The van der Waals surface area contributed by atoms with Gasteiger partial charge in [-0.2, -0.15) is 12.6 Å². The first-order chi connectivity index (χ1) is 4.33. The van der Waals surface area contributed by atoms with Gasteiger partial charge in [0.1, 0.15) is 0 Å². The lowest BCUT2D eigenvalue weighted by molar-refractivity contribution is 0.162. The SMILES string of the molecule is CCOCC.OCCS. The number of aliphatic hydroxyl groups excluding tert-OH is 1. The van der Waals surface area contributed by atoms with E-state index in [0.29, 0.717) is 5.75 Å². The lowest BCUT2D eigenvalue weighted by atomic mass is 10.8. The number of hydrogen-bond donors (Lipinski definition) is 2. The zero-order valence-electron chi connectivity index (χ0n) is 6.13. The van der Waals surface area contributed by atoms with E-state index in [2.05, 4.69) is 12.6 Å². The normalized spacial score (nSPS) is 8.00. The summed E-state index contributed by atoms with van der Waals surface area (Å²) in [5.41, 5.74) is 0. The Morgan fingerprint density at radius 1 is 1.33 bits per heavy atom. The van der Waals surface area contributed by atoms with Gasteiger partial charge >= 0.3 is 0 Å². The van der Waals surface area contributed by atoms with Crippen molar-refractivity contribution in [2.24, 2.45) is 0 Å². The molecule has 0 aliphatic heterocycles. The predicted molar refractivity (Wildman–Crippen MR) is 43.1 cm³/mol. The van der Waals surface area contributed by atoms with E-state index in [9.17, 15) is 0 Å². The van der Waals surface area contributed by atoms with E-state index in [1.54, 1.807) is 0 Å². The fourth-order valence-corrected chi connectivity index (χ4v) is 0.204. The van der Waals surface area contributed by atoms with E-state index in [-0.39, 0.29) is 6.61 Å². The van der Waals surface area contributed by atoms with Crippen molar-refractivity contribution in [3.8, 4) is 0 Å². The van der Waals surface area contributed by atoms with Crippen LogP contribution in [0.25, 0.3) is 0 Å². The van der Waals surface area contributed by atoms with Gasteiger partial charge in [0.05, 0.1) is 6.61 Å². The summed E-state index contributed by atoms with van der Waals surface area (Å²) in [6.45, 7) is 5.85. The van der Waals surface area contributed by atoms with Gasteiger partial charge < -0.3 is 9.84 Å². The molecule has 0 amide bonds. The first kappa shape index (κ1) is 12.0. The number of aliphatic hydroxyl groups is 1. The van der Waals surface area contributed by atoms with Crippen LogP contribution in [0.2, 0.25) is 0 Å². The zero-order valence-corrected chi connectivity index (χ0v) is 7.03. The summed E-state index contributed by atoms with van der Waals surface area (Å²) in [6.07, 6.45) is 0. The maximum atomic E-state index is 7.80. The van der Waals surface area contributed by atoms with Crippen LogP contribution >= 0.6 is 12.6 Å². The smallest absolute Gasteiger partial charge is 0.0519 e. The van der Waals surface area contributed by atoms with Crippen molar-refractivity contribution in [3.63, 3.8) is 0 Å². The Hall–Kier alpha value is 0.270. The lowest BCUT2D eigenvalue weighted by Crippen LogP contribution is -1.84. The lowest BCUT2D eigenvalue weighted by Gasteiger charge is -1.86. The van der Waals surface area contributed by atoms with Crippen LogP contribution in [0.5, 0.6) is 0 Å². The minimum atomic E-state index is 0.184. The van der Waals surface area contributed by atoms with Gasteiger partial charge in [-0.15, -0.1) is 0 Å². The molecule has 0 bridgehead atoms. The molecule has 2 nitrogen and oxygen atoms in total. The number of thiol groups is 1. The highest BCUT2D eigenvalue weighted by molar-refractivity contribution is 7.80. The molecule has 0 saturated carbocycles. The molecule has 0 fully saturated rings. The number of hydrogen-bond acceptors (Lipinski definition) is 3. The highest BCUT2D eigenvalue weighted by atomic mass is 32.1. The fourth-order valence-electron chi connectivity index (χ4n) is 0.204. The van der Waals surface area contributed by atoms with Crippen molar-refractivity contribution in [1.82, 2.24) is 0 Å². The van der Waals surface area contributed by atoms with Crippen LogP contribution in [0.15, 0.2) is 0 Å². The number of ether oxygens (including phenoxy) is 1. The van der Waals surface area contributed by atoms with Gasteiger partial charge in [0.2, 0.25) is 0 Å². The fraction of sp³-hybridized carbons (Fsp3) is 1.00. The first-order valence-corrected chi connectivity index (χ1v) is 3.76. The van der Waals surface area contributed by atoms with E-state index >= 15 is 0 Å². The first-order valence-electron chi connectivity index (χ1n) is 3.12. The summed E-state index contributed by atoms with van der Waals surface area (Å²) in [4.78, 5) is 0. The largest absolute Gasteiger partial charge is 0.396 e. The summed E-state index contributed by atoms with van der Waals surface area (Å²) >= 11 is 3.67. The monoisotopic (exact) mass is 152 g/mol. The molecule has 0 unspecified atom stereocenters. The van der Waals surface area contributed by atoms with Crippen molar-refractivity contribution in [2.75, 3.05) is 25.6 Å². The molecule has 0 radical (unpaired) electrons. The van der Waals surface area contributed by atoms with Crippen LogP contribution in [0, 0.1) is 0 Å². The Balaban J connectivity index is 0. The molecule has 9 heavy (non-hydrogen) atoms. The maximum Gasteiger partial charge on any atom is 0.0519 e. The molecule has 0 aromatic heterocycles. The number of rotatable bonds is 3. The van der Waals surface area contributed by atoms with Crippen LogP contribution in [0.4, 0.5) is 0 Å². The van der Waals surface area contributed by atoms with Gasteiger partial charge in [-0.25, -0.2) is 0 Å². The van der Waals surface area contributed by atoms with Crippen molar-refractivity contribution < 1.29 is 9.84 Å². The van der Waals surface area contributed by atoms with E-state index in [4.69, 9.17) is 9.84 Å². The third-order valence-electron chi connectivity index (χ3n) is 0.508. The van der Waals surface area contributed by atoms with Crippen LogP contribution < -0.4 is 0 Å². The van der Waals surface area contributed by atoms with Crippen LogP contribution in [-0.2, 0) is 4.74 Å². The highest BCUT2D eigenvalue weighted by Crippen LogP contribution is 1.64. The molecule has 0 rings (SSSR count). The van der Waals surface area contributed by atoms with Crippen molar-refractivity contribution in [1.29, 1.82) is 0 Å². The zero-order chi connectivity index (χ0) is 7.54. The van der Waals surface area contributed by atoms with Crippen molar-refractivity contribution >= 4 is 12.6 Å². The molecular formula is C6H16O2S. The second kappa shape index (κ2) is 15.7. The summed E-state index contributed by atoms with van der Waals surface area (Å²) in [5, 5.41) is 7.80. The maximum absolute atomic E-state index is 7.80. The second-order valence-corrected chi connectivity index (χ2v) is 1.68. The topological polar surface area (TPSA) is 29.5 Å². The predicted octanol–water partition coefficient (Wildman–Crippen LogP) is 0.951. The average Bonchev–Trinajstić information content (AvgIpc) is 1.91. The molecular weight excluding hydrogens is 136 g/mol. The molecule has 0 aromatic rings. The van der Waals surface area contributed by atoms with Gasteiger partial charge in [0, 0.05) is 19.0 Å². The van der Waals surface area contributed by atoms with E-state index in [1.165, 1.54) is 0 Å². The molecule has 3 heteroatoms. The third kappa shape index (κ3) is 30.4. The standard InChI is InChI=1S/C4H10O.C2H6OS/c1-3-5-4-2;3-1-2-4/h3-4H2,1-2H3;3-4H,1-2H2. The Morgan fingerprint density at radius 3 is 1.67 bits per heavy atom. The second-order valence-electron chi connectivity index (χ2n) is 1.23. The Labute approximate surface area is 62.6 Å². The average molecular weight is 152 g/mol. The van der Waals surface area contributed by atoms with Crippen LogP contribution in [0.1, 0.15) is 13.8 Å². The molecule has 1 N–H and O–H groups in total. The molecule has 0 aromatic carbocycles. The van der Waals surface area contributed by atoms with Gasteiger partial charge in [-0.3, -0.25) is 0 Å². The van der Waals surface area contributed by atoms with E-state index in [1.807, 2.05) is 13.8 Å². The van der Waals surface area contributed by atoms with Gasteiger partial charge in [0.15, 0.2) is 0 Å². The summed E-state index contributed by atoms with van der Waals surface area (Å²) in [5.74, 6) is 0.569. The summed E-state index contributed by atoms with van der Waals surface area (Å²) < 4.78 is 4.83. The van der Waals surface area contributed by atoms with Gasteiger partial charge in [-0.1, -0.05) is 0 Å². The highest BCUT2D eigenvalue weighted by Gasteiger charge is 1.64. The quantitative estimate of drug-likeness (QED) is 0.590. The van der Waals surface area contributed by atoms with Gasteiger partial charge in [-0.05, 0) is 13.8 Å². The Bertz CT molecular complexity index is 30.2. The van der Waals surface area contributed by atoms with Gasteiger partial charge in [0.25, 0.3) is 0 Å². The van der Waals surface area contributed by atoms with Crippen LogP contribution in [0.3, 0.4) is 0 Å². The minimum absolute atomic E-state index is 0.184. The molecule has 0 atom stereocenters. The van der Waals surface area contributed by atoms with Crippen molar-refractivity contribution in [3.05, 3.63) is 0 Å².